The lowest BCUT2D eigenvalue weighted by Gasteiger charge is -2.00. The van der Waals surface area contributed by atoms with Gasteiger partial charge in [-0.1, -0.05) is 6.07 Å². The molecule has 3 nitrogen and oxygen atoms in total. The largest absolute Gasteiger partial charge is 0.478 e. The molecule has 13 heavy (non-hydrogen) atoms. The molecule has 0 fully saturated rings. The lowest BCUT2D eigenvalue weighted by molar-refractivity contribution is -0.131. The zero-order valence-electron chi connectivity index (χ0n) is 7.32. The first-order valence-corrected chi connectivity index (χ1v) is 3.87. The molecule has 0 saturated carbocycles. The highest BCUT2D eigenvalue weighted by Gasteiger charge is 1.95. The Hall–Kier alpha value is -1.77. The van der Waals surface area contributed by atoms with Gasteiger partial charge in [0, 0.05) is 11.8 Å². The Morgan fingerprint density at radius 1 is 1.54 bits per heavy atom. The quantitative estimate of drug-likeness (QED) is 0.533. The topological polar surface area (TPSA) is 63.3 Å². The molecule has 0 spiro atoms. The number of aliphatic carboxylic acids is 1. The van der Waals surface area contributed by atoms with Crippen LogP contribution in [0, 0.1) is 6.92 Å². The van der Waals surface area contributed by atoms with E-state index in [0.29, 0.717) is 5.69 Å². The number of carbonyl (C=O) groups is 1. The van der Waals surface area contributed by atoms with Crippen LogP contribution in [-0.2, 0) is 4.79 Å². The van der Waals surface area contributed by atoms with Crippen LogP contribution in [-0.4, -0.2) is 11.1 Å². The van der Waals surface area contributed by atoms with Gasteiger partial charge in [0.25, 0.3) is 0 Å². The number of hydrogen-bond donors (Lipinski definition) is 2. The Morgan fingerprint density at radius 3 is 2.77 bits per heavy atom. The molecule has 0 saturated heterocycles. The van der Waals surface area contributed by atoms with Crippen LogP contribution in [0.4, 0.5) is 5.69 Å². The minimum Gasteiger partial charge on any atom is -0.478 e. The first-order valence-electron chi connectivity index (χ1n) is 3.87. The lowest BCUT2D eigenvalue weighted by atomic mass is 10.1. The van der Waals surface area contributed by atoms with E-state index < -0.39 is 5.97 Å². The molecule has 0 aromatic heterocycles. The Morgan fingerprint density at radius 2 is 2.23 bits per heavy atom. The highest BCUT2D eigenvalue weighted by atomic mass is 16.4. The second-order valence-electron chi connectivity index (χ2n) is 2.79. The second-order valence-corrected chi connectivity index (χ2v) is 2.79. The van der Waals surface area contributed by atoms with Crippen LogP contribution in [0.15, 0.2) is 24.3 Å². The third-order valence-electron chi connectivity index (χ3n) is 1.70. The molecule has 0 aliphatic rings. The number of rotatable bonds is 2. The molecular weight excluding hydrogens is 166 g/mol. The summed E-state index contributed by atoms with van der Waals surface area (Å²) in [5, 5.41) is 8.41. The van der Waals surface area contributed by atoms with E-state index in [4.69, 9.17) is 10.8 Å². The highest BCUT2D eigenvalue weighted by Crippen LogP contribution is 2.13. The molecule has 3 heteroatoms. The minimum atomic E-state index is -0.948. The summed E-state index contributed by atoms with van der Waals surface area (Å²) in [5.74, 6) is -0.948. The van der Waals surface area contributed by atoms with E-state index in [9.17, 15) is 4.79 Å². The first kappa shape index (κ1) is 9.32. The summed E-state index contributed by atoms with van der Waals surface area (Å²) in [6, 6.07) is 5.35. The van der Waals surface area contributed by atoms with Crippen LogP contribution in [0.5, 0.6) is 0 Å². The molecule has 68 valence electrons. The molecule has 0 radical (unpaired) electrons. The van der Waals surface area contributed by atoms with Crippen LogP contribution >= 0.6 is 0 Å². The molecule has 0 aliphatic carbocycles. The predicted octanol–water partition coefficient (Wildman–Crippen LogP) is 1.68. The van der Waals surface area contributed by atoms with Crippen LogP contribution in [0.3, 0.4) is 0 Å². The Labute approximate surface area is 76.5 Å². The van der Waals surface area contributed by atoms with Gasteiger partial charge in [0.15, 0.2) is 0 Å². The van der Waals surface area contributed by atoms with Gasteiger partial charge in [-0.25, -0.2) is 4.79 Å². The van der Waals surface area contributed by atoms with Gasteiger partial charge < -0.3 is 10.8 Å². The molecule has 0 bridgehead atoms. The number of nitrogens with two attached hydrogens (primary N) is 1. The molecule has 1 aromatic rings. The van der Waals surface area contributed by atoms with Gasteiger partial charge in [0.2, 0.25) is 0 Å². The third-order valence-corrected chi connectivity index (χ3v) is 1.70. The second kappa shape index (κ2) is 3.76. The van der Waals surface area contributed by atoms with Crippen molar-refractivity contribution in [3.8, 4) is 0 Å². The number of hydrogen-bond acceptors (Lipinski definition) is 2. The molecule has 0 unspecified atom stereocenters. The molecule has 1 rings (SSSR count). The van der Waals surface area contributed by atoms with Gasteiger partial charge in [-0.15, -0.1) is 0 Å². The van der Waals surface area contributed by atoms with Gasteiger partial charge >= 0.3 is 5.97 Å². The van der Waals surface area contributed by atoms with Crippen LogP contribution < -0.4 is 5.73 Å². The van der Waals surface area contributed by atoms with Crippen molar-refractivity contribution in [1.82, 2.24) is 0 Å². The third kappa shape index (κ3) is 2.63. The fraction of sp³-hybridized carbons (Fsp3) is 0.100. The maximum atomic E-state index is 10.2. The molecule has 0 aliphatic heterocycles. The van der Waals surface area contributed by atoms with Gasteiger partial charge in [-0.05, 0) is 36.3 Å². The number of carboxylic acid groups (broad SMARTS) is 1. The average molecular weight is 177 g/mol. The normalized spacial score (nSPS) is 10.5. The summed E-state index contributed by atoms with van der Waals surface area (Å²) in [6.45, 7) is 1.89. The van der Waals surface area contributed by atoms with Gasteiger partial charge in [-0.2, -0.15) is 0 Å². The fourth-order valence-electron chi connectivity index (χ4n) is 1.05. The number of carboxylic acids is 1. The highest BCUT2D eigenvalue weighted by molar-refractivity contribution is 5.85. The summed E-state index contributed by atoms with van der Waals surface area (Å²) in [6.07, 6.45) is 2.66. The van der Waals surface area contributed by atoms with Gasteiger partial charge in [0.05, 0.1) is 0 Å². The van der Waals surface area contributed by atoms with E-state index in [1.807, 2.05) is 13.0 Å². The standard InChI is InChI=1S/C10H11NO2/c1-7-6-9(11)4-2-8(7)3-5-10(12)13/h2-6H,11H2,1H3,(H,12,13)/b5-3-. The zero-order valence-corrected chi connectivity index (χ0v) is 7.32. The van der Waals surface area contributed by atoms with E-state index in [1.165, 1.54) is 0 Å². The van der Waals surface area contributed by atoms with E-state index in [1.54, 1.807) is 18.2 Å². The molecule has 0 amide bonds. The van der Waals surface area contributed by atoms with Gasteiger partial charge in [-0.3, -0.25) is 0 Å². The molecule has 0 heterocycles. The first-order chi connectivity index (χ1) is 6.09. The predicted molar refractivity (Wildman–Crippen MR) is 52.3 cm³/mol. The van der Waals surface area contributed by atoms with E-state index in [-0.39, 0.29) is 0 Å². The van der Waals surface area contributed by atoms with Gasteiger partial charge in [0.1, 0.15) is 0 Å². The summed E-state index contributed by atoms with van der Waals surface area (Å²) in [7, 11) is 0. The SMILES string of the molecule is Cc1cc(N)ccc1/C=C\C(=O)O. The zero-order chi connectivity index (χ0) is 9.84. The Kier molecular flexibility index (Phi) is 2.69. The molecular formula is C10H11NO2. The van der Waals surface area contributed by atoms with E-state index in [2.05, 4.69) is 0 Å². The number of nitrogen functional groups attached to an aromatic ring is 1. The smallest absolute Gasteiger partial charge is 0.328 e. The lowest BCUT2D eigenvalue weighted by Crippen LogP contribution is -1.89. The summed E-state index contributed by atoms with van der Waals surface area (Å²) in [4.78, 5) is 10.2. The number of aryl methyl sites for hydroxylation is 1. The molecule has 0 atom stereocenters. The molecule has 1 aromatic carbocycles. The number of benzene rings is 1. The summed E-state index contributed by atoms with van der Waals surface area (Å²) < 4.78 is 0. The van der Waals surface area contributed by atoms with Crippen molar-refractivity contribution in [3.63, 3.8) is 0 Å². The Balaban J connectivity index is 2.96. The molecule has 3 N–H and O–H groups in total. The van der Waals surface area contributed by atoms with Crippen molar-refractivity contribution in [2.45, 2.75) is 6.92 Å². The van der Waals surface area contributed by atoms with Crippen LogP contribution in [0.1, 0.15) is 11.1 Å². The van der Waals surface area contributed by atoms with Crippen LogP contribution in [0.25, 0.3) is 6.08 Å². The van der Waals surface area contributed by atoms with E-state index >= 15 is 0 Å². The van der Waals surface area contributed by atoms with Crippen molar-refractivity contribution in [1.29, 1.82) is 0 Å². The fourth-order valence-corrected chi connectivity index (χ4v) is 1.05. The number of anilines is 1. The van der Waals surface area contributed by atoms with Crippen molar-refractivity contribution in [2.24, 2.45) is 0 Å². The van der Waals surface area contributed by atoms with Crippen LogP contribution in [0.2, 0.25) is 0 Å². The van der Waals surface area contributed by atoms with Crippen molar-refractivity contribution < 1.29 is 9.90 Å². The van der Waals surface area contributed by atoms with E-state index in [0.717, 1.165) is 17.2 Å². The van der Waals surface area contributed by atoms with Crippen molar-refractivity contribution >= 4 is 17.7 Å². The van der Waals surface area contributed by atoms with Crippen molar-refractivity contribution in [3.05, 3.63) is 35.4 Å². The summed E-state index contributed by atoms with van der Waals surface area (Å²) >= 11 is 0. The minimum absolute atomic E-state index is 0.685. The maximum Gasteiger partial charge on any atom is 0.328 e. The Bertz CT molecular complexity index is 356. The average Bonchev–Trinajstić information content (AvgIpc) is 2.02. The maximum absolute atomic E-state index is 10.2. The monoisotopic (exact) mass is 177 g/mol. The van der Waals surface area contributed by atoms with Crippen molar-refractivity contribution in [2.75, 3.05) is 5.73 Å². The summed E-state index contributed by atoms with van der Waals surface area (Å²) in [5.41, 5.74) is 8.07.